The molecule has 142 valence electrons. The van der Waals surface area contributed by atoms with E-state index in [4.69, 9.17) is 11.0 Å². The van der Waals surface area contributed by atoms with Crippen LogP contribution in [0.1, 0.15) is 29.7 Å². The molecule has 0 heterocycles. The Hall–Kier alpha value is -2.49. The third kappa shape index (κ3) is 6.63. The van der Waals surface area contributed by atoms with Gasteiger partial charge >= 0.3 is 0 Å². The van der Waals surface area contributed by atoms with Gasteiger partial charge in [-0.1, -0.05) is 30.3 Å². The van der Waals surface area contributed by atoms with Crippen molar-refractivity contribution in [2.24, 2.45) is 0 Å². The number of nitrogens with one attached hydrogen (secondary N) is 1. The predicted molar refractivity (Wildman–Crippen MR) is 112 cm³/mol. The Kier molecular flexibility index (Phi) is 8.18. The summed E-state index contributed by atoms with van der Waals surface area (Å²) in [5.41, 5.74) is 9.41. The lowest BCUT2D eigenvalue weighted by Gasteiger charge is -2.24. The number of benzene rings is 2. The van der Waals surface area contributed by atoms with Crippen molar-refractivity contribution < 1.29 is 4.79 Å². The summed E-state index contributed by atoms with van der Waals surface area (Å²) in [5, 5.41) is 12.0. The van der Waals surface area contributed by atoms with Crippen LogP contribution in [0.2, 0.25) is 0 Å². The summed E-state index contributed by atoms with van der Waals surface area (Å²) in [4.78, 5) is 14.2. The van der Waals surface area contributed by atoms with E-state index in [1.807, 2.05) is 60.5 Å². The number of thioether (sulfide) groups is 1. The second-order valence-electron chi connectivity index (χ2n) is 6.43. The molecule has 0 aliphatic carbocycles. The fourth-order valence-electron chi connectivity index (χ4n) is 2.69. The van der Waals surface area contributed by atoms with Crippen LogP contribution in [0.5, 0.6) is 0 Å². The van der Waals surface area contributed by atoms with Crippen molar-refractivity contribution in [1.82, 2.24) is 10.2 Å². The van der Waals surface area contributed by atoms with Gasteiger partial charge in [-0.05, 0) is 43.3 Å². The van der Waals surface area contributed by atoms with Gasteiger partial charge in [0.2, 0.25) is 5.91 Å². The lowest BCUT2D eigenvalue weighted by molar-refractivity contribution is -0.122. The highest BCUT2D eigenvalue weighted by molar-refractivity contribution is 7.98. The Morgan fingerprint density at radius 2 is 2.07 bits per heavy atom. The quantitative estimate of drug-likeness (QED) is 0.514. The normalized spacial score (nSPS) is 11.8. The van der Waals surface area contributed by atoms with Crippen LogP contribution in [0.15, 0.2) is 48.5 Å². The number of carbonyl (C=O) groups excluding carboxylic acids is 1. The monoisotopic (exact) mass is 382 g/mol. The maximum atomic E-state index is 12.2. The molecular formula is C21H26N4OS. The second kappa shape index (κ2) is 10.6. The second-order valence-corrected chi connectivity index (χ2v) is 7.54. The van der Waals surface area contributed by atoms with Crippen LogP contribution >= 0.6 is 11.8 Å². The maximum Gasteiger partial charge on any atom is 0.234 e. The SMILES string of the molecule is CC(c1cccc(N)c1)N(C)CC(=O)NCCSCc1ccccc1C#N. The molecule has 2 aromatic carbocycles. The molecule has 0 fully saturated rings. The molecule has 0 radical (unpaired) electrons. The van der Waals surface area contributed by atoms with Gasteiger partial charge in [0.15, 0.2) is 0 Å². The zero-order chi connectivity index (χ0) is 19.6. The average molecular weight is 383 g/mol. The molecule has 0 bridgehead atoms. The number of nitrogens with two attached hydrogens (primary N) is 1. The molecule has 5 nitrogen and oxygen atoms in total. The van der Waals surface area contributed by atoms with Crippen molar-refractivity contribution in [3.05, 3.63) is 65.2 Å². The topological polar surface area (TPSA) is 82.2 Å². The smallest absolute Gasteiger partial charge is 0.234 e. The molecule has 2 rings (SSSR count). The predicted octanol–water partition coefficient (Wildman–Crippen LogP) is 3.18. The van der Waals surface area contributed by atoms with Crippen molar-refractivity contribution in [2.45, 2.75) is 18.7 Å². The lowest BCUT2D eigenvalue weighted by atomic mass is 10.1. The van der Waals surface area contributed by atoms with Crippen molar-refractivity contribution >= 4 is 23.4 Å². The van der Waals surface area contributed by atoms with Gasteiger partial charge in [0.25, 0.3) is 0 Å². The third-order valence-electron chi connectivity index (χ3n) is 4.41. The Labute approximate surface area is 165 Å². The third-order valence-corrected chi connectivity index (χ3v) is 5.42. The number of anilines is 1. The van der Waals surface area contributed by atoms with Crippen LogP contribution in [-0.2, 0) is 10.5 Å². The standard InChI is InChI=1S/C21H26N4OS/c1-16(17-8-5-9-20(23)12-17)25(2)14-21(26)24-10-11-27-15-19-7-4-3-6-18(19)13-22/h3-9,12,16H,10-11,14-15,23H2,1-2H3,(H,24,26). The van der Waals surface area contributed by atoms with Crippen molar-refractivity contribution in [3.8, 4) is 6.07 Å². The summed E-state index contributed by atoms with van der Waals surface area (Å²) >= 11 is 1.71. The summed E-state index contributed by atoms with van der Waals surface area (Å²) in [6, 6.07) is 17.7. The molecule has 27 heavy (non-hydrogen) atoms. The highest BCUT2D eigenvalue weighted by Crippen LogP contribution is 2.20. The van der Waals surface area contributed by atoms with Gasteiger partial charge in [0.1, 0.15) is 0 Å². The number of hydrogen-bond acceptors (Lipinski definition) is 5. The van der Waals surface area contributed by atoms with E-state index in [1.54, 1.807) is 11.8 Å². The fraction of sp³-hybridized carbons (Fsp3) is 0.333. The van der Waals surface area contributed by atoms with E-state index in [0.29, 0.717) is 18.7 Å². The number of rotatable bonds is 9. The number of nitrogens with zero attached hydrogens (tertiary/aromatic N) is 2. The molecule has 0 aliphatic heterocycles. The molecule has 0 saturated heterocycles. The molecule has 1 unspecified atom stereocenters. The zero-order valence-electron chi connectivity index (χ0n) is 15.8. The Morgan fingerprint density at radius 3 is 2.81 bits per heavy atom. The van der Waals surface area contributed by atoms with Crippen LogP contribution in [0, 0.1) is 11.3 Å². The highest BCUT2D eigenvalue weighted by Gasteiger charge is 2.14. The molecular weight excluding hydrogens is 356 g/mol. The Bertz CT molecular complexity index is 803. The Morgan fingerprint density at radius 1 is 1.30 bits per heavy atom. The maximum absolute atomic E-state index is 12.2. The minimum absolute atomic E-state index is 0.00581. The van der Waals surface area contributed by atoms with E-state index >= 15 is 0 Å². The molecule has 6 heteroatoms. The van der Waals surface area contributed by atoms with Crippen molar-refractivity contribution in [1.29, 1.82) is 5.26 Å². The first kappa shape index (κ1) is 20.8. The molecule has 0 aromatic heterocycles. The van der Waals surface area contributed by atoms with Gasteiger partial charge in [0, 0.05) is 29.8 Å². The van der Waals surface area contributed by atoms with Crippen molar-refractivity contribution in [2.75, 3.05) is 31.6 Å². The molecule has 2 aromatic rings. The highest BCUT2D eigenvalue weighted by atomic mass is 32.2. The summed E-state index contributed by atoms with van der Waals surface area (Å²) < 4.78 is 0. The van der Waals surface area contributed by atoms with E-state index in [0.717, 1.165) is 28.3 Å². The van der Waals surface area contributed by atoms with E-state index < -0.39 is 0 Å². The number of likely N-dealkylation sites (N-methyl/N-ethyl adjacent to an activating group) is 1. The number of nitrogen functional groups attached to an aromatic ring is 1. The number of nitriles is 1. The Balaban J connectivity index is 1.69. The van der Waals surface area contributed by atoms with E-state index in [-0.39, 0.29) is 11.9 Å². The minimum Gasteiger partial charge on any atom is -0.399 e. The molecule has 3 N–H and O–H groups in total. The number of hydrogen-bond donors (Lipinski definition) is 2. The van der Waals surface area contributed by atoms with Crippen LogP contribution < -0.4 is 11.1 Å². The zero-order valence-corrected chi connectivity index (χ0v) is 16.6. The molecule has 1 amide bonds. The van der Waals surface area contributed by atoms with Crippen LogP contribution in [-0.4, -0.2) is 36.7 Å². The first-order valence-electron chi connectivity index (χ1n) is 8.89. The summed E-state index contributed by atoms with van der Waals surface area (Å²) in [6.07, 6.45) is 0. The average Bonchev–Trinajstić information content (AvgIpc) is 2.67. The van der Waals surface area contributed by atoms with Gasteiger partial charge < -0.3 is 11.1 Å². The van der Waals surface area contributed by atoms with E-state index in [1.165, 1.54) is 0 Å². The van der Waals surface area contributed by atoms with E-state index in [9.17, 15) is 4.79 Å². The van der Waals surface area contributed by atoms with Gasteiger partial charge in [0.05, 0.1) is 18.2 Å². The minimum atomic E-state index is 0.00581. The molecule has 0 aliphatic rings. The molecule has 1 atom stereocenters. The van der Waals surface area contributed by atoms with Crippen molar-refractivity contribution in [3.63, 3.8) is 0 Å². The van der Waals surface area contributed by atoms with Gasteiger partial charge in [-0.15, -0.1) is 0 Å². The first-order chi connectivity index (χ1) is 13.0. The molecule has 0 spiro atoms. The van der Waals surface area contributed by atoms with Crippen LogP contribution in [0.3, 0.4) is 0 Å². The first-order valence-corrected chi connectivity index (χ1v) is 10.0. The summed E-state index contributed by atoms with van der Waals surface area (Å²) in [5.74, 6) is 1.58. The van der Waals surface area contributed by atoms with Crippen LogP contribution in [0.25, 0.3) is 0 Å². The molecule has 0 saturated carbocycles. The van der Waals surface area contributed by atoms with Crippen LogP contribution in [0.4, 0.5) is 5.69 Å². The number of amides is 1. The largest absolute Gasteiger partial charge is 0.399 e. The lowest BCUT2D eigenvalue weighted by Crippen LogP contribution is -2.37. The van der Waals surface area contributed by atoms with Gasteiger partial charge in [-0.25, -0.2) is 0 Å². The fourth-order valence-corrected chi connectivity index (χ4v) is 3.56. The van der Waals surface area contributed by atoms with Gasteiger partial charge in [-0.2, -0.15) is 17.0 Å². The number of carbonyl (C=O) groups is 1. The summed E-state index contributed by atoms with van der Waals surface area (Å²) in [7, 11) is 1.93. The van der Waals surface area contributed by atoms with Gasteiger partial charge in [-0.3, -0.25) is 9.69 Å². The van der Waals surface area contributed by atoms with E-state index in [2.05, 4.69) is 18.3 Å². The summed E-state index contributed by atoms with van der Waals surface area (Å²) in [6.45, 7) is 3.00.